The van der Waals surface area contributed by atoms with Crippen LogP contribution in [0.3, 0.4) is 0 Å². The number of thiophene rings is 1. The lowest BCUT2D eigenvalue weighted by Crippen LogP contribution is -2.04. The van der Waals surface area contributed by atoms with Crippen molar-refractivity contribution in [2.75, 3.05) is 18.9 Å². The van der Waals surface area contributed by atoms with Crippen LogP contribution in [-0.4, -0.2) is 29.2 Å². The lowest BCUT2D eigenvalue weighted by molar-refractivity contribution is 0.0532. The van der Waals surface area contributed by atoms with Crippen LogP contribution in [0.1, 0.15) is 36.0 Å². The molecule has 2 aromatic heterocycles. The van der Waals surface area contributed by atoms with Crippen LogP contribution in [0.5, 0.6) is 5.75 Å². The molecule has 2 heterocycles. The van der Waals surface area contributed by atoms with Crippen LogP contribution in [0.25, 0.3) is 21.5 Å². The molecule has 0 aliphatic rings. The summed E-state index contributed by atoms with van der Waals surface area (Å²) in [5.41, 5.74) is 8.56. The Morgan fingerprint density at radius 2 is 2.04 bits per heavy atom. The Labute approximate surface area is 162 Å². The second kappa shape index (κ2) is 7.92. The van der Waals surface area contributed by atoms with Gasteiger partial charge in [-0.2, -0.15) is 0 Å². The fraction of sp³-hybridized carbons (Fsp3) is 0.350. The lowest BCUT2D eigenvalue weighted by Gasteiger charge is -2.12. The first-order valence-corrected chi connectivity index (χ1v) is 9.68. The second-order valence-electron chi connectivity index (χ2n) is 6.66. The topological polar surface area (TPSA) is 87.3 Å². The number of nitrogens with zero attached hydrogens (tertiary/aromatic N) is 2. The molecule has 0 unspecified atom stereocenters. The van der Waals surface area contributed by atoms with Crippen molar-refractivity contribution in [1.82, 2.24) is 9.97 Å². The maximum Gasteiger partial charge on any atom is 0.348 e. The van der Waals surface area contributed by atoms with Crippen LogP contribution in [0.15, 0.2) is 24.3 Å². The van der Waals surface area contributed by atoms with Gasteiger partial charge in [-0.15, -0.1) is 11.3 Å². The van der Waals surface area contributed by atoms with Crippen LogP contribution in [-0.2, 0) is 4.74 Å². The lowest BCUT2D eigenvalue weighted by atomic mass is 10.0. The fourth-order valence-corrected chi connectivity index (χ4v) is 3.63. The highest BCUT2D eigenvalue weighted by molar-refractivity contribution is 7.20. The number of carbonyl (C=O) groups excluding carboxylic acids is 1. The van der Waals surface area contributed by atoms with E-state index in [9.17, 15) is 4.79 Å². The number of aryl methyl sites for hydroxylation is 1. The Hall–Kier alpha value is -2.67. The Bertz CT molecular complexity index is 982. The molecular weight excluding hydrogens is 362 g/mol. The summed E-state index contributed by atoms with van der Waals surface area (Å²) in [7, 11) is 0. The third-order valence-electron chi connectivity index (χ3n) is 3.92. The van der Waals surface area contributed by atoms with E-state index in [0.29, 0.717) is 34.5 Å². The summed E-state index contributed by atoms with van der Waals surface area (Å²) in [6.45, 7) is 8.99. The summed E-state index contributed by atoms with van der Waals surface area (Å²) in [6, 6.07) is 7.65. The molecule has 0 radical (unpaired) electrons. The van der Waals surface area contributed by atoms with Gasteiger partial charge in [-0.25, -0.2) is 14.8 Å². The van der Waals surface area contributed by atoms with Crippen molar-refractivity contribution in [1.29, 1.82) is 0 Å². The van der Waals surface area contributed by atoms with E-state index in [4.69, 9.17) is 15.2 Å². The third-order valence-corrected chi connectivity index (χ3v) is 4.93. The molecule has 3 aromatic rings. The number of aromatic nitrogens is 2. The molecule has 6 nitrogen and oxygen atoms in total. The summed E-state index contributed by atoms with van der Waals surface area (Å²) in [5.74, 6) is 1.09. The molecule has 0 aliphatic heterocycles. The Morgan fingerprint density at radius 1 is 1.26 bits per heavy atom. The van der Waals surface area contributed by atoms with Gasteiger partial charge in [-0.05, 0) is 49.6 Å². The zero-order chi connectivity index (χ0) is 19.6. The minimum Gasteiger partial charge on any atom is -0.493 e. The van der Waals surface area contributed by atoms with E-state index in [1.165, 1.54) is 11.3 Å². The average Bonchev–Trinajstić information content (AvgIpc) is 3.03. The number of hydrogen-bond acceptors (Lipinski definition) is 7. The Morgan fingerprint density at radius 3 is 2.70 bits per heavy atom. The van der Waals surface area contributed by atoms with Crippen molar-refractivity contribution in [3.63, 3.8) is 0 Å². The van der Waals surface area contributed by atoms with E-state index in [0.717, 1.165) is 22.3 Å². The molecule has 0 spiro atoms. The number of carbonyl (C=O) groups is 1. The van der Waals surface area contributed by atoms with Gasteiger partial charge in [-0.1, -0.05) is 13.8 Å². The third kappa shape index (κ3) is 4.19. The number of nitrogens with two attached hydrogens (primary N) is 1. The van der Waals surface area contributed by atoms with Crippen LogP contribution >= 0.6 is 11.3 Å². The highest BCUT2D eigenvalue weighted by Gasteiger charge is 2.18. The summed E-state index contributed by atoms with van der Waals surface area (Å²) < 4.78 is 10.9. The van der Waals surface area contributed by atoms with Gasteiger partial charge in [0.25, 0.3) is 0 Å². The fourth-order valence-electron chi connectivity index (χ4n) is 2.70. The van der Waals surface area contributed by atoms with Crippen LogP contribution in [0, 0.1) is 12.8 Å². The van der Waals surface area contributed by atoms with Gasteiger partial charge in [0.2, 0.25) is 5.95 Å². The van der Waals surface area contributed by atoms with Gasteiger partial charge < -0.3 is 15.2 Å². The first-order valence-electron chi connectivity index (χ1n) is 8.87. The number of fused-ring (bicyclic) bond motifs is 1. The zero-order valence-corrected chi connectivity index (χ0v) is 16.7. The molecule has 0 atom stereocenters. The number of benzene rings is 1. The molecular formula is C20H23N3O3S. The summed E-state index contributed by atoms with van der Waals surface area (Å²) in [5, 5.41) is 0.788. The van der Waals surface area contributed by atoms with Crippen molar-refractivity contribution < 1.29 is 14.3 Å². The smallest absolute Gasteiger partial charge is 0.348 e. The standard InChI is InChI=1S/C20H23N3O3S/c1-5-25-19(24)16-9-15-17(22-20(21)23-18(15)27-16)14-7-6-13(8-12(14)4)26-10-11(2)3/h6-9,11H,5,10H2,1-4H3,(H2,21,22,23). The largest absolute Gasteiger partial charge is 0.493 e. The highest BCUT2D eigenvalue weighted by Crippen LogP contribution is 2.35. The van der Waals surface area contributed by atoms with Gasteiger partial charge in [0.1, 0.15) is 15.5 Å². The van der Waals surface area contributed by atoms with E-state index < -0.39 is 0 Å². The van der Waals surface area contributed by atoms with E-state index in [1.54, 1.807) is 13.0 Å². The molecule has 0 saturated carbocycles. The van der Waals surface area contributed by atoms with Gasteiger partial charge >= 0.3 is 5.97 Å². The predicted octanol–water partition coefficient (Wildman–Crippen LogP) is 4.46. The molecule has 0 aliphatic carbocycles. The first-order chi connectivity index (χ1) is 12.9. The minimum atomic E-state index is -0.362. The van der Waals surface area contributed by atoms with Crippen molar-refractivity contribution in [2.45, 2.75) is 27.7 Å². The quantitative estimate of drug-likeness (QED) is 0.630. The van der Waals surface area contributed by atoms with Crippen LogP contribution < -0.4 is 10.5 Å². The van der Waals surface area contributed by atoms with Gasteiger partial charge in [0.05, 0.1) is 18.9 Å². The van der Waals surface area contributed by atoms with Crippen molar-refractivity contribution >= 4 is 33.5 Å². The number of anilines is 1. The van der Waals surface area contributed by atoms with Crippen LogP contribution in [0.2, 0.25) is 0 Å². The van der Waals surface area contributed by atoms with Gasteiger partial charge in [0, 0.05) is 10.9 Å². The molecule has 142 valence electrons. The molecule has 27 heavy (non-hydrogen) atoms. The SMILES string of the molecule is CCOC(=O)c1cc2c(-c3ccc(OCC(C)C)cc3C)nc(N)nc2s1. The summed E-state index contributed by atoms with van der Waals surface area (Å²) >= 11 is 1.26. The van der Waals surface area contributed by atoms with E-state index in [1.807, 2.05) is 25.1 Å². The number of hydrogen-bond donors (Lipinski definition) is 1. The van der Waals surface area contributed by atoms with E-state index in [-0.39, 0.29) is 11.9 Å². The van der Waals surface area contributed by atoms with Gasteiger partial charge in [-0.3, -0.25) is 0 Å². The van der Waals surface area contributed by atoms with Crippen molar-refractivity contribution in [2.24, 2.45) is 5.92 Å². The summed E-state index contributed by atoms with van der Waals surface area (Å²) in [6.07, 6.45) is 0. The number of ether oxygens (including phenoxy) is 2. The molecule has 2 N–H and O–H groups in total. The molecule has 7 heteroatoms. The molecule has 0 saturated heterocycles. The molecule has 1 aromatic carbocycles. The van der Waals surface area contributed by atoms with Crippen LogP contribution in [0.4, 0.5) is 5.95 Å². The second-order valence-corrected chi connectivity index (χ2v) is 7.69. The van der Waals surface area contributed by atoms with E-state index >= 15 is 0 Å². The molecule has 3 rings (SSSR count). The number of nitrogen functional groups attached to an aromatic ring is 1. The molecule has 0 fully saturated rings. The zero-order valence-electron chi connectivity index (χ0n) is 15.9. The Balaban J connectivity index is 2.04. The maximum absolute atomic E-state index is 12.1. The minimum absolute atomic E-state index is 0.175. The molecule has 0 amide bonds. The number of esters is 1. The normalized spacial score (nSPS) is 11.1. The maximum atomic E-state index is 12.1. The Kier molecular flexibility index (Phi) is 5.60. The van der Waals surface area contributed by atoms with Crippen molar-refractivity contribution in [3.05, 3.63) is 34.7 Å². The first kappa shape index (κ1) is 19.1. The average molecular weight is 385 g/mol. The van der Waals surface area contributed by atoms with Gasteiger partial charge in [0.15, 0.2) is 0 Å². The highest BCUT2D eigenvalue weighted by atomic mass is 32.1. The number of rotatable bonds is 6. The summed E-state index contributed by atoms with van der Waals surface area (Å²) in [4.78, 5) is 21.9. The monoisotopic (exact) mass is 385 g/mol. The molecule has 0 bridgehead atoms. The van der Waals surface area contributed by atoms with E-state index in [2.05, 4.69) is 23.8 Å². The predicted molar refractivity (Wildman–Crippen MR) is 108 cm³/mol. The van der Waals surface area contributed by atoms with Crippen molar-refractivity contribution in [3.8, 4) is 17.0 Å².